The zero-order valence-electron chi connectivity index (χ0n) is 11.5. The molecule has 3 N–H and O–H groups in total. The summed E-state index contributed by atoms with van der Waals surface area (Å²) >= 11 is 1.38. The third-order valence-corrected chi connectivity index (χ3v) is 4.05. The minimum atomic E-state index is -0.229. The second kappa shape index (κ2) is 5.67. The van der Waals surface area contributed by atoms with Crippen LogP contribution in [0.2, 0.25) is 0 Å². The van der Waals surface area contributed by atoms with Crippen LogP contribution in [0.15, 0.2) is 40.1 Å². The highest BCUT2D eigenvalue weighted by atomic mass is 32.1. The largest absolute Gasteiger partial charge is 0.459 e. The molecule has 6 heteroatoms. The third-order valence-electron chi connectivity index (χ3n) is 3.18. The van der Waals surface area contributed by atoms with E-state index >= 15 is 0 Å². The molecule has 0 aliphatic carbocycles. The van der Waals surface area contributed by atoms with Gasteiger partial charge >= 0.3 is 0 Å². The van der Waals surface area contributed by atoms with Crippen LogP contribution in [-0.4, -0.2) is 10.9 Å². The van der Waals surface area contributed by atoms with Crippen LogP contribution in [0, 0.1) is 0 Å². The van der Waals surface area contributed by atoms with Gasteiger partial charge in [-0.3, -0.25) is 4.79 Å². The number of rotatable bonds is 4. The average molecular weight is 301 g/mol. The van der Waals surface area contributed by atoms with Gasteiger partial charge in [0.2, 0.25) is 0 Å². The summed E-state index contributed by atoms with van der Waals surface area (Å²) in [4.78, 5) is 16.3. The molecule has 0 saturated heterocycles. The average Bonchev–Trinajstić information content (AvgIpc) is 3.13. The van der Waals surface area contributed by atoms with E-state index in [-0.39, 0.29) is 11.9 Å². The third kappa shape index (κ3) is 2.81. The summed E-state index contributed by atoms with van der Waals surface area (Å²) in [5.41, 5.74) is 6.70. The van der Waals surface area contributed by atoms with Crippen LogP contribution in [0.4, 0.5) is 0 Å². The molecule has 0 radical (unpaired) electrons. The number of thiazole rings is 1. The first kappa shape index (κ1) is 13.8. The molecule has 3 aromatic rings. The van der Waals surface area contributed by atoms with Crippen molar-refractivity contribution in [1.29, 1.82) is 0 Å². The van der Waals surface area contributed by atoms with Gasteiger partial charge in [0.25, 0.3) is 5.91 Å². The lowest BCUT2D eigenvalue weighted by atomic mass is 10.2. The zero-order chi connectivity index (χ0) is 14.8. The summed E-state index contributed by atoms with van der Waals surface area (Å²) in [6.07, 6.45) is 0. The van der Waals surface area contributed by atoms with Gasteiger partial charge in [-0.15, -0.1) is 11.3 Å². The molecule has 0 bridgehead atoms. The Morgan fingerprint density at radius 1 is 1.48 bits per heavy atom. The molecule has 21 heavy (non-hydrogen) atoms. The molecule has 108 valence electrons. The summed E-state index contributed by atoms with van der Waals surface area (Å²) in [5, 5.41) is 6.36. The van der Waals surface area contributed by atoms with Gasteiger partial charge in [0.15, 0.2) is 0 Å². The van der Waals surface area contributed by atoms with Gasteiger partial charge in [-0.1, -0.05) is 18.2 Å². The Morgan fingerprint density at radius 3 is 3.00 bits per heavy atom. The van der Waals surface area contributed by atoms with Gasteiger partial charge in [-0.25, -0.2) is 4.98 Å². The number of carbonyl (C=O) groups is 1. The lowest BCUT2D eigenvalue weighted by molar-refractivity contribution is 0.0931. The lowest BCUT2D eigenvalue weighted by Gasteiger charge is -2.09. The smallest absolute Gasteiger partial charge is 0.271 e. The SMILES string of the molecule is CC(NC(=O)c1csc(CN)n1)c1cc2ccccc2o1. The first-order chi connectivity index (χ1) is 10.2. The van der Waals surface area contributed by atoms with Crippen LogP contribution < -0.4 is 11.1 Å². The first-order valence-corrected chi connectivity index (χ1v) is 7.49. The fraction of sp³-hybridized carbons (Fsp3) is 0.200. The summed E-state index contributed by atoms with van der Waals surface area (Å²) in [6.45, 7) is 2.23. The molecule has 0 aliphatic rings. The Morgan fingerprint density at radius 2 is 2.29 bits per heavy atom. The van der Waals surface area contributed by atoms with Gasteiger partial charge in [-0.05, 0) is 19.1 Å². The summed E-state index contributed by atoms with van der Waals surface area (Å²) in [7, 11) is 0. The van der Waals surface area contributed by atoms with E-state index in [1.807, 2.05) is 37.3 Å². The lowest BCUT2D eigenvalue weighted by Crippen LogP contribution is -2.26. The summed E-state index contributed by atoms with van der Waals surface area (Å²) < 4.78 is 5.74. The van der Waals surface area contributed by atoms with E-state index in [4.69, 9.17) is 10.2 Å². The quantitative estimate of drug-likeness (QED) is 0.776. The second-order valence-electron chi connectivity index (χ2n) is 4.71. The van der Waals surface area contributed by atoms with Gasteiger partial charge in [0, 0.05) is 17.3 Å². The molecule has 0 fully saturated rings. The number of para-hydroxylation sites is 1. The molecular weight excluding hydrogens is 286 g/mol. The molecule has 1 unspecified atom stereocenters. The van der Waals surface area contributed by atoms with Crippen LogP contribution >= 0.6 is 11.3 Å². The number of carbonyl (C=O) groups excluding carboxylic acids is 1. The number of aromatic nitrogens is 1. The van der Waals surface area contributed by atoms with Crippen molar-refractivity contribution in [1.82, 2.24) is 10.3 Å². The van der Waals surface area contributed by atoms with E-state index in [2.05, 4.69) is 10.3 Å². The van der Waals surface area contributed by atoms with E-state index in [9.17, 15) is 4.79 Å². The molecule has 1 atom stereocenters. The number of nitrogens with zero attached hydrogens (tertiary/aromatic N) is 1. The van der Waals surface area contributed by atoms with Gasteiger partial charge in [-0.2, -0.15) is 0 Å². The van der Waals surface area contributed by atoms with Crippen molar-refractivity contribution in [2.45, 2.75) is 19.5 Å². The maximum Gasteiger partial charge on any atom is 0.271 e. The molecule has 0 saturated carbocycles. The Balaban J connectivity index is 1.75. The van der Waals surface area contributed by atoms with Crippen molar-refractivity contribution in [2.24, 2.45) is 5.73 Å². The van der Waals surface area contributed by atoms with Crippen LogP contribution in [0.5, 0.6) is 0 Å². The van der Waals surface area contributed by atoms with Crippen molar-refractivity contribution in [2.75, 3.05) is 0 Å². The molecule has 1 aromatic carbocycles. The number of fused-ring (bicyclic) bond motifs is 1. The fourth-order valence-corrected chi connectivity index (χ4v) is 2.72. The van der Waals surface area contributed by atoms with Crippen molar-refractivity contribution < 1.29 is 9.21 Å². The summed E-state index contributed by atoms with van der Waals surface area (Å²) in [5.74, 6) is 0.498. The zero-order valence-corrected chi connectivity index (χ0v) is 12.3. The van der Waals surface area contributed by atoms with Gasteiger partial charge in [0.05, 0.1) is 6.04 Å². The van der Waals surface area contributed by atoms with Crippen LogP contribution in [0.25, 0.3) is 11.0 Å². The molecule has 0 spiro atoms. The van der Waals surface area contributed by atoms with E-state index in [1.54, 1.807) is 5.38 Å². The number of nitrogens with one attached hydrogen (secondary N) is 1. The molecular formula is C15H15N3O2S. The van der Waals surface area contributed by atoms with Gasteiger partial charge in [0.1, 0.15) is 22.0 Å². The summed E-state index contributed by atoms with van der Waals surface area (Å²) in [6, 6.07) is 9.46. The van der Waals surface area contributed by atoms with E-state index < -0.39 is 0 Å². The first-order valence-electron chi connectivity index (χ1n) is 6.61. The Hall–Kier alpha value is -2.18. The molecule has 1 amide bonds. The minimum absolute atomic E-state index is 0.223. The van der Waals surface area contributed by atoms with Gasteiger partial charge < -0.3 is 15.5 Å². The highest BCUT2D eigenvalue weighted by Gasteiger charge is 2.17. The Labute approximate surface area is 125 Å². The highest BCUT2D eigenvalue weighted by Crippen LogP contribution is 2.23. The molecule has 3 rings (SSSR count). The number of benzene rings is 1. The standard InChI is InChI=1S/C15H15N3O2S/c1-9(13-6-10-4-2-3-5-12(10)20-13)17-15(19)11-8-21-14(7-16)18-11/h2-6,8-9H,7,16H2,1H3,(H,17,19). The monoisotopic (exact) mass is 301 g/mol. The molecule has 2 aromatic heterocycles. The maximum absolute atomic E-state index is 12.1. The normalized spacial score (nSPS) is 12.5. The van der Waals surface area contributed by atoms with Crippen molar-refractivity contribution in [3.63, 3.8) is 0 Å². The van der Waals surface area contributed by atoms with Crippen molar-refractivity contribution >= 4 is 28.2 Å². The van der Waals surface area contributed by atoms with Crippen LogP contribution in [-0.2, 0) is 6.54 Å². The molecule has 2 heterocycles. The number of furan rings is 1. The van der Waals surface area contributed by atoms with E-state index in [1.165, 1.54) is 11.3 Å². The number of hydrogen-bond acceptors (Lipinski definition) is 5. The number of hydrogen-bond donors (Lipinski definition) is 2. The minimum Gasteiger partial charge on any atom is -0.459 e. The predicted molar refractivity (Wildman–Crippen MR) is 82.1 cm³/mol. The molecule has 5 nitrogen and oxygen atoms in total. The topological polar surface area (TPSA) is 81.2 Å². The number of nitrogens with two attached hydrogens (primary N) is 1. The number of amides is 1. The van der Waals surface area contributed by atoms with Crippen molar-refractivity contribution in [3.8, 4) is 0 Å². The predicted octanol–water partition coefficient (Wildman–Crippen LogP) is 2.84. The van der Waals surface area contributed by atoms with Crippen molar-refractivity contribution in [3.05, 3.63) is 52.2 Å². The molecule has 0 aliphatic heterocycles. The second-order valence-corrected chi connectivity index (χ2v) is 5.66. The maximum atomic E-state index is 12.1. The van der Waals surface area contributed by atoms with E-state index in [0.717, 1.165) is 21.7 Å². The van der Waals surface area contributed by atoms with E-state index in [0.29, 0.717) is 12.2 Å². The fourth-order valence-electron chi connectivity index (χ4n) is 2.07. The highest BCUT2D eigenvalue weighted by molar-refractivity contribution is 7.09. The van der Waals surface area contributed by atoms with Crippen LogP contribution in [0.3, 0.4) is 0 Å². The Bertz CT molecular complexity index is 745. The van der Waals surface area contributed by atoms with Crippen LogP contribution in [0.1, 0.15) is 34.2 Å². The Kier molecular flexibility index (Phi) is 3.72.